The Hall–Kier alpha value is -0.240. The highest BCUT2D eigenvalue weighted by Crippen LogP contribution is 2.19. The molecule has 0 fully saturated rings. The summed E-state index contributed by atoms with van der Waals surface area (Å²) in [4.78, 5) is 2.34. The average Bonchev–Trinajstić information content (AvgIpc) is 2.37. The fourth-order valence-corrected chi connectivity index (χ4v) is 2.49. The molecule has 1 atom stereocenters. The largest absolute Gasteiger partial charge is 0.301 e. The molecule has 0 unspecified atom stereocenters. The first-order valence-corrected chi connectivity index (χ1v) is 7.65. The number of nitrogens with zero attached hydrogens (tertiary/aromatic N) is 1. The topological polar surface area (TPSA) is 3.24 Å². The second-order valence-corrected chi connectivity index (χ2v) is 5.58. The molecule has 1 aromatic rings. The van der Waals surface area contributed by atoms with E-state index in [1.54, 1.807) is 0 Å². The highest BCUT2D eigenvalue weighted by Gasteiger charge is 2.09. The van der Waals surface area contributed by atoms with Crippen LogP contribution in [0, 0.1) is 6.92 Å². The number of halogens is 2. The normalized spacial score (nSPS) is 12.9. The molecule has 0 aliphatic heterocycles. The highest BCUT2D eigenvalue weighted by molar-refractivity contribution is 6.18. The lowest BCUT2D eigenvalue weighted by molar-refractivity contribution is 0.295. The van der Waals surface area contributed by atoms with Gasteiger partial charge in [-0.1, -0.05) is 36.8 Å². The zero-order valence-electron chi connectivity index (χ0n) is 11.3. The molecule has 0 amide bonds. The molecule has 0 aliphatic carbocycles. The van der Waals surface area contributed by atoms with Crippen molar-refractivity contribution in [2.45, 2.75) is 26.2 Å². The van der Waals surface area contributed by atoms with Gasteiger partial charge in [-0.2, -0.15) is 0 Å². The zero-order chi connectivity index (χ0) is 13.4. The number of alkyl halides is 2. The molecular formula is C15H23Cl2N. The lowest BCUT2D eigenvalue weighted by Gasteiger charge is -2.22. The molecule has 102 valence electrons. The van der Waals surface area contributed by atoms with Gasteiger partial charge in [-0.3, -0.25) is 0 Å². The molecule has 0 radical (unpaired) electrons. The van der Waals surface area contributed by atoms with Gasteiger partial charge in [0.1, 0.15) is 0 Å². The summed E-state index contributed by atoms with van der Waals surface area (Å²) in [5, 5.41) is 0. The smallest absolute Gasteiger partial charge is 0.0351 e. The molecule has 0 saturated carbocycles. The van der Waals surface area contributed by atoms with E-state index in [9.17, 15) is 0 Å². The lowest BCUT2D eigenvalue weighted by Crippen LogP contribution is -2.29. The third-order valence-electron chi connectivity index (χ3n) is 3.33. The zero-order valence-corrected chi connectivity index (χ0v) is 12.8. The van der Waals surface area contributed by atoms with Gasteiger partial charge in [0.05, 0.1) is 0 Å². The van der Waals surface area contributed by atoms with Gasteiger partial charge in [-0.05, 0) is 31.4 Å². The van der Waals surface area contributed by atoms with Crippen LogP contribution in [0.5, 0.6) is 0 Å². The van der Waals surface area contributed by atoms with Crippen LogP contribution in [0.25, 0.3) is 0 Å². The van der Waals surface area contributed by atoms with E-state index in [-0.39, 0.29) is 0 Å². The number of benzene rings is 1. The molecule has 1 rings (SSSR count). The molecule has 0 aliphatic rings. The summed E-state index contributed by atoms with van der Waals surface area (Å²) in [5.41, 5.74) is 2.73. The highest BCUT2D eigenvalue weighted by atomic mass is 35.5. The van der Waals surface area contributed by atoms with Crippen LogP contribution in [-0.2, 0) is 0 Å². The van der Waals surface area contributed by atoms with Gasteiger partial charge in [0, 0.05) is 24.8 Å². The van der Waals surface area contributed by atoms with Crippen molar-refractivity contribution in [3.05, 3.63) is 35.4 Å². The lowest BCUT2D eigenvalue weighted by atomic mass is 9.97. The summed E-state index contributed by atoms with van der Waals surface area (Å²) in [5.74, 6) is 1.93. The van der Waals surface area contributed by atoms with E-state index >= 15 is 0 Å². The van der Waals surface area contributed by atoms with Crippen LogP contribution in [-0.4, -0.2) is 36.3 Å². The molecule has 0 spiro atoms. The van der Waals surface area contributed by atoms with Crippen molar-refractivity contribution in [1.29, 1.82) is 0 Å². The molecular weight excluding hydrogens is 265 g/mol. The molecule has 0 saturated heterocycles. The summed E-state index contributed by atoms with van der Waals surface area (Å²) in [6.07, 6.45) is 1.15. The predicted molar refractivity (Wildman–Crippen MR) is 82.1 cm³/mol. The number of aryl methyl sites for hydroxylation is 1. The Morgan fingerprint density at radius 3 is 2.06 bits per heavy atom. The fourth-order valence-electron chi connectivity index (χ4n) is 2.01. The molecule has 0 heterocycles. The SMILES string of the molecule is Cc1ccc([C@H](C)CCN(CCCl)CCCl)cc1. The van der Waals surface area contributed by atoms with Crippen molar-refractivity contribution >= 4 is 23.2 Å². The van der Waals surface area contributed by atoms with E-state index < -0.39 is 0 Å². The van der Waals surface area contributed by atoms with Crippen LogP contribution in [0.2, 0.25) is 0 Å². The van der Waals surface area contributed by atoms with E-state index in [0.29, 0.717) is 17.7 Å². The number of rotatable bonds is 8. The molecule has 0 aromatic heterocycles. The van der Waals surface area contributed by atoms with Crippen LogP contribution >= 0.6 is 23.2 Å². The third-order valence-corrected chi connectivity index (χ3v) is 3.66. The molecule has 3 heteroatoms. The Kier molecular flexibility index (Phi) is 7.73. The second-order valence-electron chi connectivity index (χ2n) is 4.82. The van der Waals surface area contributed by atoms with Crippen LogP contribution in [0.1, 0.15) is 30.4 Å². The number of hydrogen-bond donors (Lipinski definition) is 0. The minimum atomic E-state index is 0.582. The van der Waals surface area contributed by atoms with Gasteiger partial charge in [-0.15, -0.1) is 23.2 Å². The van der Waals surface area contributed by atoms with Crippen molar-refractivity contribution in [3.63, 3.8) is 0 Å². The van der Waals surface area contributed by atoms with Gasteiger partial charge in [-0.25, -0.2) is 0 Å². The standard InChI is InChI=1S/C15H23Cl2N/c1-13-3-5-15(6-4-13)14(2)7-10-18(11-8-16)12-9-17/h3-6,14H,7-12H2,1-2H3/t14-/m1/s1. The summed E-state index contributed by atoms with van der Waals surface area (Å²) in [6.45, 7) is 7.32. The van der Waals surface area contributed by atoms with Crippen molar-refractivity contribution in [1.82, 2.24) is 4.90 Å². The Morgan fingerprint density at radius 2 is 1.56 bits per heavy atom. The molecule has 1 nitrogen and oxygen atoms in total. The van der Waals surface area contributed by atoms with E-state index in [0.717, 1.165) is 26.1 Å². The Balaban J connectivity index is 2.43. The summed E-state index contributed by atoms with van der Waals surface area (Å²) in [6, 6.07) is 8.82. The van der Waals surface area contributed by atoms with Gasteiger partial charge in [0.25, 0.3) is 0 Å². The van der Waals surface area contributed by atoms with E-state index in [2.05, 4.69) is 43.0 Å². The van der Waals surface area contributed by atoms with Gasteiger partial charge >= 0.3 is 0 Å². The van der Waals surface area contributed by atoms with Gasteiger partial charge < -0.3 is 4.90 Å². The molecule has 18 heavy (non-hydrogen) atoms. The van der Waals surface area contributed by atoms with E-state index in [4.69, 9.17) is 23.2 Å². The Bertz CT molecular complexity index is 318. The molecule has 1 aromatic carbocycles. The second kappa shape index (κ2) is 8.79. The quantitative estimate of drug-likeness (QED) is 0.646. The van der Waals surface area contributed by atoms with Crippen molar-refractivity contribution in [3.8, 4) is 0 Å². The van der Waals surface area contributed by atoms with Crippen LogP contribution < -0.4 is 0 Å². The monoisotopic (exact) mass is 287 g/mol. The average molecular weight is 288 g/mol. The maximum absolute atomic E-state index is 5.80. The Morgan fingerprint density at radius 1 is 1.00 bits per heavy atom. The maximum Gasteiger partial charge on any atom is 0.0351 e. The van der Waals surface area contributed by atoms with E-state index in [1.165, 1.54) is 11.1 Å². The third kappa shape index (κ3) is 5.60. The fraction of sp³-hybridized carbons (Fsp3) is 0.600. The van der Waals surface area contributed by atoms with Crippen molar-refractivity contribution < 1.29 is 0 Å². The van der Waals surface area contributed by atoms with Crippen molar-refractivity contribution in [2.24, 2.45) is 0 Å². The van der Waals surface area contributed by atoms with Crippen LogP contribution in [0.3, 0.4) is 0 Å². The molecule has 0 bridgehead atoms. The van der Waals surface area contributed by atoms with Crippen molar-refractivity contribution in [2.75, 3.05) is 31.4 Å². The predicted octanol–water partition coefficient (Wildman–Crippen LogP) is 4.27. The van der Waals surface area contributed by atoms with Crippen LogP contribution in [0.4, 0.5) is 0 Å². The minimum absolute atomic E-state index is 0.582. The van der Waals surface area contributed by atoms with Gasteiger partial charge in [0.2, 0.25) is 0 Å². The summed E-state index contributed by atoms with van der Waals surface area (Å²) in [7, 11) is 0. The first-order chi connectivity index (χ1) is 8.67. The first kappa shape index (κ1) is 15.8. The first-order valence-electron chi connectivity index (χ1n) is 6.58. The maximum atomic E-state index is 5.80. The summed E-state index contributed by atoms with van der Waals surface area (Å²) >= 11 is 11.6. The molecule has 0 N–H and O–H groups in total. The van der Waals surface area contributed by atoms with E-state index in [1.807, 2.05) is 0 Å². The number of hydrogen-bond acceptors (Lipinski definition) is 1. The minimum Gasteiger partial charge on any atom is -0.301 e. The van der Waals surface area contributed by atoms with Crippen LogP contribution in [0.15, 0.2) is 24.3 Å². The Labute approximate surface area is 121 Å². The summed E-state index contributed by atoms with van der Waals surface area (Å²) < 4.78 is 0. The van der Waals surface area contributed by atoms with Gasteiger partial charge in [0.15, 0.2) is 0 Å².